The van der Waals surface area contributed by atoms with Crippen LogP contribution in [0.1, 0.15) is 53.4 Å². The summed E-state index contributed by atoms with van der Waals surface area (Å²) < 4.78 is 0. The number of imide groups is 1. The zero-order chi connectivity index (χ0) is 14.0. The molecule has 1 rings (SSSR count). The second-order valence-electron chi connectivity index (χ2n) is 6.88. The number of piperidine rings is 1. The van der Waals surface area contributed by atoms with Crippen molar-refractivity contribution < 1.29 is 14.7 Å². The second kappa shape index (κ2) is 5.39. The Labute approximate surface area is 109 Å². The summed E-state index contributed by atoms with van der Waals surface area (Å²) in [5.74, 6) is -0.123. The lowest BCUT2D eigenvalue weighted by Gasteiger charge is -2.38. The average Bonchev–Trinajstić information content (AvgIpc) is 2.20. The molecule has 0 aromatic heterocycles. The third-order valence-corrected chi connectivity index (χ3v) is 3.46. The lowest BCUT2D eigenvalue weighted by atomic mass is 9.80. The van der Waals surface area contributed by atoms with E-state index >= 15 is 0 Å². The molecule has 0 bridgehead atoms. The van der Waals surface area contributed by atoms with E-state index in [4.69, 9.17) is 5.11 Å². The topological polar surface area (TPSA) is 57.6 Å². The van der Waals surface area contributed by atoms with Crippen LogP contribution in [0.4, 0.5) is 0 Å². The first-order chi connectivity index (χ1) is 8.17. The molecule has 1 aliphatic heterocycles. The van der Waals surface area contributed by atoms with E-state index in [-0.39, 0.29) is 29.3 Å². The first-order valence-electron chi connectivity index (χ1n) is 6.61. The average molecular weight is 255 g/mol. The number of nitrogens with zero attached hydrogens (tertiary/aromatic N) is 1. The maximum atomic E-state index is 12.0. The zero-order valence-corrected chi connectivity index (χ0v) is 12.0. The molecule has 0 aliphatic carbocycles. The van der Waals surface area contributed by atoms with Gasteiger partial charge >= 0.3 is 0 Å². The molecule has 4 nitrogen and oxygen atoms in total. The Kier molecular flexibility index (Phi) is 4.54. The molecule has 1 heterocycles. The van der Waals surface area contributed by atoms with Crippen molar-refractivity contribution in [2.45, 2.75) is 53.4 Å². The monoisotopic (exact) mass is 255 g/mol. The molecular formula is C14H25NO3. The van der Waals surface area contributed by atoms with Crippen molar-refractivity contribution in [3.8, 4) is 0 Å². The van der Waals surface area contributed by atoms with Crippen LogP contribution in [0.2, 0.25) is 0 Å². The van der Waals surface area contributed by atoms with Gasteiger partial charge in [0.2, 0.25) is 11.8 Å². The summed E-state index contributed by atoms with van der Waals surface area (Å²) in [6.45, 7) is 8.58. The highest BCUT2D eigenvalue weighted by atomic mass is 16.3. The Bertz CT molecular complexity index is 314. The number of rotatable bonds is 5. The summed E-state index contributed by atoms with van der Waals surface area (Å²) in [5.41, 5.74) is -0.338. The number of likely N-dealkylation sites (tertiary alicyclic amines) is 1. The standard InChI is InChI=1S/C14H25NO3/c1-13(2,6-5-7-16)10-15-11(17)8-14(3,4)9-12(15)18/h16H,5-10H2,1-4H3. The van der Waals surface area contributed by atoms with Gasteiger partial charge in [0.15, 0.2) is 0 Å². The van der Waals surface area contributed by atoms with Crippen molar-refractivity contribution in [1.29, 1.82) is 0 Å². The van der Waals surface area contributed by atoms with Crippen molar-refractivity contribution >= 4 is 11.8 Å². The van der Waals surface area contributed by atoms with Gasteiger partial charge in [-0.3, -0.25) is 14.5 Å². The molecule has 0 saturated carbocycles. The number of amides is 2. The Morgan fingerprint density at radius 3 is 2.17 bits per heavy atom. The van der Waals surface area contributed by atoms with Crippen LogP contribution in [0.25, 0.3) is 0 Å². The molecule has 1 aliphatic rings. The van der Waals surface area contributed by atoms with Crippen LogP contribution in [-0.2, 0) is 9.59 Å². The Balaban J connectivity index is 2.67. The summed E-state index contributed by atoms with van der Waals surface area (Å²) in [6.07, 6.45) is 2.39. The number of hydrogen-bond acceptors (Lipinski definition) is 3. The van der Waals surface area contributed by atoms with E-state index in [1.54, 1.807) is 0 Å². The minimum Gasteiger partial charge on any atom is -0.396 e. The van der Waals surface area contributed by atoms with E-state index in [0.29, 0.717) is 25.8 Å². The van der Waals surface area contributed by atoms with Crippen molar-refractivity contribution in [1.82, 2.24) is 4.90 Å². The van der Waals surface area contributed by atoms with Gasteiger partial charge in [-0.05, 0) is 23.7 Å². The summed E-state index contributed by atoms with van der Waals surface area (Å²) in [6, 6.07) is 0. The van der Waals surface area contributed by atoms with Crippen LogP contribution in [0.5, 0.6) is 0 Å². The van der Waals surface area contributed by atoms with Crippen LogP contribution in [-0.4, -0.2) is 35.0 Å². The van der Waals surface area contributed by atoms with Gasteiger partial charge in [0.25, 0.3) is 0 Å². The molecule has 1 N–H and O–H groups in total. The maximum absolute atomic E-state index is 12.0. The molecule has 18 heavy (non-hydrogen) atoms. The molecule has 0 aromatic rings. The molecule has 104 valence electrons. The van der Waals surface area contributed by atoms with E-state index in [1.165, 1.54) is 4.90 Å². The SMILES string of the molecule is CC1(C)CC(=O)N(CC(C)(C)CCCO)C(=O)C1. The number of aliphatic hydroxyl groups excluding tert-OH is 1. The fourth-order valence-electron chi connectivity index (χ4n) is 2.45. The van der Waals surface area contributed by atoms with Crippen LogP contribution in [0.3, 0.4) is 0 Å². The zero-order valence-electron chi connectivity index (χ0n) is 12.0. The summed E-state index contributed by atoms with van der Waals surface area (Å²) in [7, 11) is 0. The van der Waals surface area contributed by atoms with Gasteiger partial charge in [-0.1, -0.05) is 27.7 Å². The van der Waals surface area contributed by atoms with E-state index < -0.39 is 0 Å². The number of aliphatic hydroxyl groups is 1. The summed E-state index contributed by atoms with van der Waals surface area (Å²) in [5, 5.41) is 8.86. The maximum Gasteiger partial charge on any atom is 0.229 e. The Hall–Kier alpha value is -0.900. The van der Waals surface area contributed by atoms with E-state index in [0.717, 1.165) is 6.42 Å². The van der Waals surface area contributed by atoms with Crippen molar-refractivity contribution in [2.24, 2.45) is 10.8 Å². The molecule has 0 atom stereocenters. The predicted octanol–water partition coefficient (Wildman–Crippen LogP) is 1.96. The third-order valence-electron chi connectivity index (χ3n) is 3.46. The molecule has 4 heteroatoms. The number of carbonyl (C=O) groups excluding carboxylic acids is 2. The van der Waals surface area contributed by atoms with Crippen molar-refractivity contribution in [2.75, 3.05) is 13.2 Å². The number of carbonyl (C=O) groups is 2. The van der Waals surface area contributed by atoms with Crippen LogP contribution in [0, 0.1) is 10.8 Å². The normalized spacial score (nSPS) is 20.4. The first kappa shape index (κ1) is 15.2. The second-order valence-corrected chi connectivity index (χ2v) is 6.88. The van der Waals surface area contributed by atoms with Crippen molar-refractivity contribution in [3.63, 3.8) is 0 Å². The highest BCUT2D eigenvalue weighted by Gasteiger charge is 2.39. The third kappa shape index (κ3) is 4.09. The fourth-order valence-corrected chi connectivity index (χ4v) is 2.45. The smallest absolute Gasteiger partial charge is 0.229 e. The largest absolute Gasteiger partial charge is 0.396 e. The Morgan fingerprint density at radius 2 is 1.72 bits per heavy atom. The van der Waals surface area contributed by atoms with Gasteiger partial charge in [0, 0.05) is 26.0 Å². The minimum absolute atomic E-state index is 0.0617. The lowest BCUT2D eigenvalue weighted by Crippen LogP contribution is -2.49. The van der Waals surface area contributed by atoms with Crippen LogP contribution >= 0.6 is 0 Å². The highest BCUT2D eigenvalue weighted by Crippen LogP contribution is 2.34. The molecule has 1 saturated heterocycles. The van der Waals surface area contributed by atoms with E-state index in [2.05, 4.69) is 0 Å². The first-order valence-corrected chi connectivity index (χ1v) is 6.61. The Morgan fingerprint density at radius 1 is 1.22 bits per heavy atom. The molecular weight excluding hydrogens is 230 g/mol. The van der Waals surface area contributed by atoms with E-state index in [9.17, 15) is 9.59 Å². The summed E-state index contributed by atoms with van der Waals surface area (Å²) in [4.78, 5) is 25.5. The molecule has 0 aromatic carbocycles. The quantitative estimate of drug-likeness (QED) is 0.764. The van der Waals surface area contributed by atoms with Gasteiger partial charge in [-0.15, -0.1) is 0 Å². The van der Waals surface area contributed by atoms with E-state index in [1.807, 2.05) is 27.7 Å². The number of hydrogen-bond donors (Lipinski definition) is 1. The lowest BCUT2D eigenvalue weighted by molar-refractivity contribution is -0.154. The van der Waals surface area contributed by atoms with Crippen LogP contribution < -0.4 is 0 Å². The van der Waals surface area contributed by atoms with Gasteiger partial charge in [0.05, 0.1) is 0 Å². The fraction of sp³-hybridized carbons (Fsp3) is 0.857. The van der Waals surface area contributed by atoms with Gasteiger partial charge < -0.3 is 5.11 Å². The van der Waals surface area contributed by atoms with Gasteiger partial charge in [-0.25, -0.2) is 0 Å². The molecule has 2 amide bonds. The molecule has 0 unspecified atom stereocenters. The molecule has 0 spiro atoms. The molecule has 1 fully saturated rings. The van der Waals surface area contributed by atoms with Gasteiger partial charge in [0.1, 0.15) is 0 Å². The molecule has 0 radical (unpaired) electrons. The summed E-state index contributed by atoms with van der Waals surface area (Å²) >= 11 is 0. The van der Waals surface area contributed by atoms with Gasteiger partial charge in [-0.2, -0.15) is 0 Å². The van der Waals surface area contributed by atoms with Crippen LogP contribution in [0.15, 0.2) is 0 Å². The predicted molar refractivity (Wildman–Crippen MR) is 69.8 cm³/mol. The highest BCUT2D eigenvalue weighted by molar-refractivity contribution is 5.98. The van der Waals surface area contributed by atoms with Crippen molar-refractivity contribution in [3.05, 3.63) is 0 Å². The minimum atomic E-state index is -0.208.